The third-order valence-corrected chi connectivity index (χ3v) is 4.02. The van der Waals surface area contributed by atoms with Gasteiger partial charge in [-0.25, -0.2) is 0 Å². The summed E-state index contributed by atoms with van der Waals surface area (Å²) in [6, 6.07) is 0. The lowest BCUT2D eigenvalue weighted by atomic mass is 9.72. The van der Waals surface area contributed by atoms with Crippen molar-refractivity contribution in [2.75, 3.05) is 13.2 Å². The van der Waals surface area contributed by atoms with Gasteiger partial charge in [0.05, 0.1) is 13.2 Å². The first-order chi connectivity index (χ1) is 10.1. The van der Waals surface area contributed by atoms with Crippen LogP contribution in [0.3, 0.4) is 0 Å². The number of rotatable bonds is 12. The predicted octanol–water partition coefficient (Wildman–Crippen LogP) is 5.76. The molecule has 0 rings (SSSR count). The van der Waals surface area contributed by atoms with Crippen LogP contribution in [0.2, 0.25) is 0 Å². The lowest BCUT2D eigenvalue weighted by Crippen LogP contribution is -2.40. The van der Waals surface area contributed by atoms with Gasteiger partial charge in [-0.05, 0) is 38.0 Å². The molecule has 0 radical (unpaired) electrons. The zero-order chi connectivity index (χ0) is 17.3. The molecule has 0 fully saturated rings. The Labute approximate surface area is 138 Å². The van der Waals surface area contributed by atoms with Crippen LogP contribution in [-0.2, 0) is 9.47 Å². The van der Waals surface area contributed by atoms with E-state index in [4.69, 9.17) is 9.47 Å². The van der Waals surface area contributed by atoms with Gasteiger partial charge >= 0.3 is 0 Å². The first-order valence-corrected chi connectivity index (χ1v) is 8.27. The molecule has 22 heavy (non-hydrogen) atoms. The fraction of sp³-hybridized carbons (Fsp3) is 0.700. The molecule has 0 amide bonds. The molecule has 0 bridgehead atoms. The first-order valence-electron chi connectivity index (χ1n) is 8.27. The molecule has 0 aromatic carbocycles. The summed E-state index contributed by atoms with van der Waals surface area (Å²) in [6.07, 6.45) is 3.50. The van der Waals surface area contributed by atoms with Gasteiger partial charge in [0.1, 0.15) is 0 Å². The Kier molecular flexibility index (Phi) is 9.63. The Hall–Kier alpha value is -0.860. The van der Waals surface area contributed by atoms with Gasteiger partial charge in [-0.3, -0.25) is 0 Å². The minimum atomic E-state index is -0.230. The summed E-state index contributed by atoms with van der Waals surface area (Å²) in [5.74, 6) is 0.688. The highest BCUT2D eigenvalue weighted by atomic mass is 16.7. The van der Waals surface area contributed by atoms with Crippen molar-refractivity contribution in [2.24, 2.45) is 17.3 Å². The largest absolute Gasteiger partial charge is 0.352 e. The topological polar surface area (TPSA) is 18.5 Å². The average molecular weight is 309 g/mol. The average Bonchev–Trinajstić information content (AvgIpc) is 2.36. The zero-order valence-corrected chi connectivity index (χ0v) is 15.6. The molecule has 0 saturated carbocycles. The van der Waals surface area contributed by atoms with E-state index in [0.717, 1.165) is 24.0 Å². The Bertz CT molecular complexity index is 346. The summed E-state index contributed by atoms with van der Waals surface area (Å²) in [7, 11) is 0. The second kappa shape index (κ2) is 10.0. The molecule has 128 valence electrons. The molecular weight excluding hydrogens is 272 g/mol. The van der Waals surface area contributed by atoms with Crippen LogP contribution in [0.15, 0.2) is 37.0 Å². The van der Waals surface area contributed by atoms with Crippen LogP contribution < -0.4 is 0 Å². The molecule has 0 heterocycles. The molecule has 0 N–H and O–H groups in total. The van der Waals surface area contributed by atoms with Gasteiger partial charge in [0.25, 0.3) is 0 Å². The molecule has 0 aliphatic rings. The smallest absolute Gasteiger partial charge is 0.161 e. The normalized spacial score (nSPS) is 13.5. The van der Waals surface area contributed by atoms with E-state index in [9.17, 15) is 0 Å². The molecule has 0 aliphatic carbocycles. The van der Waals surface area contributed by atoms with Crippen LogP contribution in [0.4, 0.5) is 0 Å². The monoisotopic (exact) mass is 308 g/mol. The van der Waals surface area contributed by atoms with E-state index in [-0.39, 0.29) is 17.6 Å². The van der Waals surface area contributed by atoms with Crippen LogP contribution in [-0.4, -0.2) is 19.5 Å². The van der Waals surface area contributed by atoms with Gasteiger partial charge in [0.2, 0.25) is 0 Å². The van der Waals surface area contributed by atoms with Crippen LogP contribution in [0, 0.1) is 17.3 Å². The maximum absolute atomic E-state index is 6.09. The molecule has 0 spiro atoms. The Morgan fingerprint density at radius 2 is 1.41 bits per heavy atom. The third kappa shape index (κ3) is 7.95. The Morgan fingerprint density at radius 1 is 1.00 bits per heavy atom. The first kappa shape index (κ1) is 21.1. The third-order valence-electron chi connectivity index (χ3n) is 4.02. The second-order valence-electron chi connectivity index (χ2n) is 7.32. The predicted molar refractivity (Wildman–Crippen MR) is 96.9 cm³/mol. The highest BCUT2D eigenvalue weighted by Crippen LogP contribution is 2.38. The second-order valence-corrected chi connectivity index (χ2v) is 7.32. The highest BCUT2D eigenvalue weighted by Gasteiger charge is 2.37. The fourth-order valence-corrected chi connectivity index (χ4v) is 2.61. The van der Waals surface area contributed by atoms with E-state index in [1.165, 1.54) is 0 Å². The number of allylic oxidation sites excluding steroid dienone is 1. The Balaban J connectivity index is 4.99. The van der Waals surface area contributed by atoms with Crippen molar-refractivity contribution in [3.8, 4) is 0 Å². The van der Waals surface area contributed by atoms with Gasteiger partial charge in [-0.2, -0.15) is 0 Å². The standard InChI is InChI=1S/C20H36O2/c1-10-20(8,9)18(17(6)7)19(21-13-11-15(2)3)22-14-12-16(4)5/h10,17-19H,1-2,4,11-14H2,3,5-9H3. The van der Waals surface area contributed by atoms with Crippen LogP contribution >= 0.6 is 0 Å². The van der Waals surface area contributed by atoms with Crippen molar-refractivity contribution in [3.63, 3.8) is 0 Å². The zero-order valence-electron chi connectivity index (χ0n) is 15.6. The quantitative estimate of drug-likeness (QED) is 0.337. The molecule has 2 heteroatoms. The molecule has 0 saturated heterocycles. The van der Waals surface area contributed by atoms with Gasteiger partial charge < -0.3 is 9.47 Å². The minimum absolute atomic E-state index is 0.0503. The maximum atomic E-state index is 6.09. The summed E-state index contributed by atoms with van der Waals surface area (Å²) in [6.45, 7) is 26.0. The molecule has 0 aliphatic heterocycles. The van der Waals surface area contributed by atoms with E-state index in [1.54, 1.807) is 0 Å². The van der Waals surface area contributed by atoms with Crippen LogP contribution in [0.5, 0.6) is 0 Å². The number of ether oxygens (including phenoxy) is 2. The van der Waals surface area contributed by atoms with Crippen molar-refractivity contribution in [1.82, 2.24) is 0 Å². The Morgan fingerprint density at radius 3 is 1.68 bits per heavy atom. The molecule has 1 atom stereocenters. The van der Waals surface area contributed by atoms with E-state index >= 15 is 0 Å². The molecule has 0 aromatic rings. The summed E-state index contributed by atoms with van der Waals surface area (Å²) in [4.78, 5) is 0. The molecular formula is C20H36O2. The highest BCUT2D eigenvalue weighted by molar-refractivity contribution is 4.96. The summed E-state index contributed by atoms with van der Waals surface area (Å²) >= 11 is 0. The number of hydrogen-bond donors (Lipinski definition) is 0. The van der Waals surface area contributed by atoms with E-state index < -0.39 is 0 Å². The van der Waals surface area contributed by atoms with Crippen molar-refractivity contribution < 1.29 is 9.47 Å². The SMILES string of the molecule is C=CC(C)(C)C(C(C)C)C(OCCC(=C)C)OCCC(=C)C. The van der Waals surface area contributed by atoms with Crippen molar-refractivity contribution in [2.45, 2.75) is 60.7 Å². The van der Waals surface area contributed by atoms with E-state index in [0.29, 0.717) is 19.1 Å². The van der Waals surface area contributed by atoms with E-state index in [1.807, 2.05) is 19.9 Å². The van der Waals surface area contributed by atoms with Gasteiger partial charge in [0, 0.05) is 5.92 Å². The summed E-state index contributed by atoms with van der Waals surface area (Å²) in [5.41, 5.74) is 2.21. The molecule has 1 unspecified atom stereocenters. The lowest BCUT2D eigenvalue weighted by Gasteiger charge is -2.40. The van der Waals surface area contributed by atoms with Crippen LogP contribution in [0.25, 0.3) is 0 Å². The minimum Gasteiger partial charge on any atom is -0.352 e. The van der Waals surface area contributed by atoms with Gasteiger partial charge in [-0.15, -0.1) is 19.7 Å². The van der Waals surface area contributed by atoms with E-state index in [2.05, 4.69) is 47.4 Å². The van der Waals surface area contributed by atoms with Gasteiger partial charge in [-0.1, -0.05) is 44.9 Å². The van der Waals surface area contributed by atoms with Crippen LogP contribution in [0.1, 0.15) is 54.4 Å². The van der Waals surface area contributed by atoms with Crippen molar-refractivity contribution >= 4 is 0 Å². The fourth-order valence-electron chi connectivity index (χ4n) is 2.61. The lowest BCUT2D eigenvalue weighted by molar-refractivity contribution is -0.196. The number of hydrogen-bond acceptors (Lipinski definition) is 2. The van der Waals surface area contributed by atoms with Crippen molar-refractivity contribution in [1.29, 1.82) is 0 Å². The maximum Gasteiger partial charge on any atom is 0.161 e. The van der Waals surface area contributed by atoms with Gasteiger partial charge in [0.15, 0.2) is 6.29 Å². The summed E-state index contributed by atoms with van der Waals surface area (Å²) in [5, 5.41) is 0. The molecule has 0 aromatic heterocycles. The molecule has 2 nitrogen and oxygen atoms in total. The van der Waals surface area contributed by atoms with Crippen molar-refractivity contribution in [3.05, 3.63) is 37.0 Å². The summed E-state index contributed by atoms with van der Waals surface area (Å²) < 4.78 is 12.2.